The van der Waals surface area contributed by atoms with Crippen LogP contribution in [0.3, 0.4) is 0 Å². The second-order valence-electron chi connectivity index (χ2n) is 4.85. The fraction of sp³-hybridized carbons (Fsp3) is 0. The van der Waals surface area contributed by atoms with Crippen molar-refractivity contribution in [2.45, 2.75) is 0 Å². The van der Waals surface area contributed by atoms with Crippen LogP contribution < -0.4 is 16.0 Å². The third-order valence-corrected chi connectivity index (χ3v) is 5.79. The average molecular weight is 370 g/mol. The van der Waals surface area contributed by atoms with Gasteiger partial charge in [-0.25, -0.2) is 22.5 Å². The summed E-state index contributed by atoms with van der Waals surface area (Å²) < 4.78 is 55.8. The molecule has 0 radical (unpaired) electrons. The summed E-state index contributed by atoms with van der Waals surface area (Å²) in [6.07, 6.45) is 0. The number of benzene rings is 2. The predicted molar refractivity (Wildman–Crippen MR) is 87.8 cm³/mol. The molecule has 0 aliphatic rings. The highest BCUT2D eigenvalue weighted by Crippen LogP contribution is 2.35. The maximum Gasteiger partial charge on any atom is 0.131 e. The minimum atomic E-state index is -1.96. The molecule has 3 aromatic rings. The van der Waals surface area contributed by atoms with Gasteiger partial charge in [-0.2, -0.15) is 0 Å². The molecular weight excluding hydrogens is 361 g/mol. The first-order valence-corrected chi connectivity index (χ1v) is 8.50. The summed E-state index contributed by atoms with van der Waals surface area (Å²) in [5.41, 5.74) is 0.242. The molecule has 0 atom stereocenters. The summed E-state index contributed by atoms with van der Waals surface area (Å²) in [6, 6.07) is 10.3. The lowest BCUT2D eigenvalue weighted by atomic mass is 10.3. The van der Waals surface area contributed by atoms with E-state index in [0.717, 1.165) is 36.4 Å². The van der Waals surface area contributed by atoms with Crippen molar-refractivity contribution in [3.8, 4) is 0 Å². The number of nitrogens with zero attached hydrogens (tertiary/aromatic N) is 1. The van der Waals surface area contributed by atoms with Crippen molar-refractivity contribution < 1.29 is 17.6 Å². The quantitative estimate of drug-likeness (QED) is 0.385. The molecule has 1 aromatic heterocycles. The minimum absolute atomic E-state index is 0.0933. The normalized spacial score (nSPS) is 11.1. The van der Waals surface area contributed by atoms with E-state index in [2.05, 4.69) is 4.98 Å². The third kappa shape index (κ3) is 3.42. The highest BCUT2D eigenvalue weighted by atomic mass is 35.5. The average Bonchev–Trinajstić information content (AvgIpc) is 2.54. The Kier molecular flexibility index (Phi) is 4.83. The van der Waals surface area contributed by atoms with Crippen LogP contribution in [0.5, 0.6) is 0 Å². The second kappa shape index (κ2) is 6.88. The molecule has 0 saturated heterocycles. The molecule has 0 spiro atoms. The maximum absolute atomic E-state index is 14.3. The lowest BCUT2D eigenvalue weighted by Gasteiger charge is -2.19. The van der Waals surface area contributed by atoms with Gasteiger partial charge in [0.05, 0.1) is 5.44 Å². The summed E-state index contributed by atoms with van der Waals surface area (Å²) in [5, 5.41) is -0.0674. The van der Waals surface area contributed by atoms with Gasteiger partial charge in [-0.05, 0) is 48.5 Å². The molecule has 0 aliphatic heterocycles. The number of halogens is 5. The highest BCUT2D eigenvalue weighted by Gasteiger charge is 2.25. The largest absolute Gasteiger partial charge is 0.236 e. The van der Waals surface area contributed by atoms with Crippen molar-refractivity contribution in [1.29, 1.82) is 0 Å². The first kappa shape index (κ1) is 16.9. The van der Waals surface area contributed by atoms with E-state index in [9.17, 15) is 17.6 Å². The predicted octanol–water partition coefficient (Wildman–Crippen LogP) is 4.05. The Bertz CT molecular complexity index is 852. The van der Waals surface area contributed by atoms with Gasteiger partial charge in [0.15, 0.2) is 0 Å². The van der Waals surface area contributed by atoms with Crippen molar-refractivity contribution in [2.24, 2.45) is 0 Å². The van der Waals surface area contributed by atoms with Crippen LogP contribution in [0, 0.1) is 23.3 Å². The summed E-state index contributed by atoms with van der Waals surface area (Å²) >= 11 is 5.87. The van der Waals surface area contributed by atoms with Crippen LogP contribution >= 0.6 is 19.5 Å². The molecule has 0 bridgehead atoms. The van der Waals surface area contributed by atoms with E-state index in [1.54, 1.807) is 6.07 Å². The van der Waals surface area contributed by atoms with Gasteiger partial charge in [-0.3, -0.25) is 0 Å². The maximum atomic E-state index is 14.3. The summed E-state index contributed by atoms with van der Waals surface area (Å²) in [4.78, 5) is 4.08. The molecule has 24 heavy (non-hydrogen) atoms. The van der Waals surface area contributed by atoms with Gasteiger partial charge in [0.25, 0.3) is 0 Å². The molecule has 1 nitrogen and oxygen atoms in total. The van der Waals surface area contributed by atoms with Gasteiger partial charge in [0.1, 0.15) is 28.4 Å². The minimum Gasteiger partial charge on any atom is -0.236 e. The Morgan fingerprint density at radius 2 is 1.29 bits per heavy atom. The zero-order valence-corrected chi connectivity index (χ0v) is 13.6. The number of rotatable bonds is 3. The number of hydrogen-bond donors (Lipinski definition) is 0. The van der Waals surface area contributed by atoms with Gasteiger partial charge in [-0.1, -0.05) is 17.7 Å². The molecule has 0 amide bonds. The summed E-state index contributed by atoms with van der Waals surface area (Å²) in [5.74, 6) is -2.82. The third-order valence-electron chi connectivity index (χ3n) is 3.23. The monoisotopic (exact) mass is 369 g/mol. The Balaban J connectivity index is 2.29. The molecule has 0 saturated carbocycles. The van der Waals surface area contributed by atoms with Crippen LogP contribution in [0.1, 0.15) is 0 Å². The smallest absolute Gasteiger partial charge is 0.131 e. The molecular formula is C17H9ClF4NP. The van der Waals surface area contributed by atoms with Crippen molar-refractivity contribution in [3.63, 3.8) is 0 Å². The van der Waals surface area contributed by atoms with Crippen molar-refractivity contribution in [3.05, 3.63) is 83.0 Å². The molecule has 0 unspecified atom stereocenters. The molecule has 7 heteroatoms. The van der Waals surface area contributed by atoms with Crippen LogP contribution in [0.25, 0.3) is 0 Å². The zero-order chi connectivity index (χ0) is 17.3. The Labute approximate surface area is 141 Å². The van der Waals surface area contributed by atoms with Gasteiger partial charge in [0, 0.05) is 18.5 Å². The fourth-order valence-corrected chi connectivity index (χ4v) is 4.71. The van der Waals surface area contributed by atoms with E-state index in [-0.39, 0.29) is 21.2 Å². The topological polar surface area (TPSA) is 12.9 Å². The molecule has 1 heterocycles. The van der Waals surface area contributed by atoms with E-state index in [1.165, 1.54) is 12.1 Å². The first-order chi connectivity index (χ1) is 11.5. The van der Waals surface area contributed by atoms with E-state index >= 15 is 0 Å². The van der Waals surface area contributed by atoms with E-state index in [1.807, 2.05) is 0 Å². The second-order valence-corrected chi connectivity index (χ2v) is 7.33. The molecule has 0 fully saturated rings. The van der Waals surface area contributed by atoms with E-state index in [4.69, 9.17) is 11.6 Å². The van der Waals surface area contributed by atoms with Crippen molar-refractivity contribution in [1.82, 2.24) is 4.98 Å². The van der Waals surface area contributed by atoms with Gasteiger partial charge >= 0.3 is 0 Å². The fourth-order valence-electron chi connectivity index (χ4n) is 2.21. The van der Waals surface area contributed by atoms with Gasteiger partial charge < -0.3 is 0 Å². The van der Waals surface area contributed by atoms with Crippen molar-refractivity contribution in [2.75, 3.05) is 0 Å². The van der Waals surface area contributed by atoms with Crippen LogP contribution in [0.4, 0.5) is 17.6 Å². The lowest BCUT2D eigenvalue weighted by Crippen LogP contribution is -2.27. The van der Waals surface area contributed by atoms with Gasteiger partial charge in [0.2, 0.25) is 0 Å². The standard InChI is InChI=1S/C17H9ClF4NP/c18-16-2-1-3-17(23-16)24(14-8-10(19)4-6-12(14)21)15-9-11(20)5-7-13(15)22/h1-9H. The first-order valence-electron chi connectivity index (χ1n) is 6.78. The molecule has 2 aromatic carbocycles. The summed E-state index contributed by atoms with van der Waals surface area (Å²) in [7, 11) is -1.96. The van der Waals surface area contributed by atoms with Crippen LogP contribution in [-0.2, 0) is 0 Å². The Morgan fingerprint density at radius 1 is 0.750 bits per heavy atom. The van der Waals surface area contributed by atoms with E-state index < -0.39 is 31.2 Å². The van der Waals surface area contributed by atoms with Gasteiger partial charge in [-0.15, -0.1) is 0 Å². The summed E-state index contributed by atoms with van der Waals surface area (Å²) in [6.45, 7) is 0. The Hall–Kier alpha value is -1.97. The highest BCUT2D eigenvalue weighted by molar-refractivity contribution is 7.79. The molecule has 0 aliphatic carbocycles. The van der Waals surface area contributed by atoms with Crippen LogP contribution in [0.2, 0.25) is 5.15 Å². The molecule has 0 N–H and O–H groups in total. The molecule has 122 valence electrons. The van der Waals surface area contributed by atoms with Crippen LogP contribution in [-0.4, -0.2) is 4.98 Å². The Morgan fingerprint density at radius 3 is 1.79 bits per heavy atom. The lowest BCUT2D eigenvalue weighted by molar-refractivity contribution is 0.605. The SMILES string of the molecule is Fc1ccc(F)c(P(c2cccc(Cl)n2)c2cc(F)ccc2F)c1. The van der Waals surface area contributed by atoms with Crippen molar-refractivity contribution >= 4 is 35.6 Å². The molecule has 3 rings (SSSR count). The number of aromatic nitrogens is 1. The number of pyridine rings is 1. The van der Waals surface area contributed by atoms with Crippen LogP contribution in [0.15, 0.2) is 54.6 Å². The zero-order valence-electron chi connectivity index (χ0n) is 12.0. The van der Waals surface area contributed by atoms with E-state index in [0.29, 0.717) is 0 Å². The number of hydrogen-bond acceptors (Lipinski definition) is 1.